The number of hydrazine groups is 1. The molecule has 0 radical (unpaired) electrons. The fourth-order valence-electron chi connectivity index (χ4n) is 2.39. The molecule has 0 aromatic heterocycles. The molecule has 4 heteroatoms. The maximum Gasteiger partial charge on any atom is 0.124 e. The quantitative estimate of drug-likeness (QED) is 0.669. The molecule has 0 amide bonds. The molecule has 3 N–H and O–H groups in total. The lowest BCUT2D eigenvalue weighted by Gasteiger charge is -2.22. The second kappa shape index (κ2) is 6.27. The number of benzene rings is 2. The van der Waals surface area contributed by atoms with Crippen molar-refractivity contribution in [1.82, 2.24) is 5.43 Å². The summed E-state index contributed by atoms with van der Waals surface area (Å²) in [5.74, 6) is 6.59. The summed E-state index contributed by atoms with van der Waals surface area (Å²) in [4.78, 5) is 0. The third-order valence-electron chi connectivity index (χ3n) is 3.41. The van der Waals surface area contributed by atoms with Crippen molar-refractivity contribution in [2.75, 3.05) is 7.11 Å². The molecule has 0 spiro atoms. The van der Waals surface area contributed by atoms with Gasteiger partial charge >= 0.3 is 0 Å². The van der Waals surface area contributed by atoms with E-state index in [0.29, 0.717) is 0 Å². The van der Waals surface area contributed by atoms with Crippen molar-refractivity contribution < 1.29 is 4.74 Å². The molecule has 1 unspecified atom stereocenters. The van der Waals surface area contributed by atoms with Gasteiger partial charge in [-0.25, -0.2) is 5.43 Å². The van der Waals surface area contributed by atoms with E-state index < -0.39 is 0 Å². The average molecular weight is 291 g/mol. The van der Waals surface area contributed by atoms with Gasteiger partial charge < -0.3 is 4.74 Å². The van der Waals surface area contributed by atoms with Gasteiger partial charge in [0.05, 0.1) is 13.2 Å². The first-order valence-electron chi connectivity index (χ1n) is 6.43. The minimum Gasteiger partial charge on any atom is -0.496 e. The van der Waals surface area contributed by atoms with Crippen LogP contribution in [0, 0.1) is 13.8 Å². The first-order chi connectivity index (χ1) is 9.56. The number of ether oxygens (including phenoxy) is 1. The summed E-state index contributed by atoms with van der Waals surface area (Å²) in [6, 6.07) is 11.7. The van der Waals surface area contributed by atoms with E-state index in [1.165, 1.54) is 0 Å². The van der Waals surface area contributed by atoms with E-state index in [-0.39, 0.29) is 6.04 Å². The molecular weight excluding hydrogens is 272 g/mol. The maximum absolute atomic E-state index is 6.02. The van der Waals surface area contributed by atoms with Crippen LogP contribution in [0.1, 0.15) is 28.3 Å². The second-order valence-corrected chi connectivity index (χ2v) is 5.28. The lowest BCUT2D eigenvalue weighted by molar-refractivity contribution is 0.404. The van der Waals surface area contributed by atoms with Crippen molar-refractivity contribution in [2.24, 2.45) is 5.84 Å². The van der Waals surface area contributed by atoms with Crippen molar-refractivity contribution in [3.05, 3.63) is 63.7 Å². The van der Waals surface area contributed by atoms with Crippen molar-refractivity contribution in [2.45, 2.75) is 19.9 Å². The molecule has 0 saturated carbocycles. The normalized spacial score (nSPS) is 12.2. The van der Waals surface area contributed by atoms with Gasteiger partial charge in [0.1, 0.15) is 5.75 Å². The van der Waals surface area contributed by atoms with E-state index in [2.05, 4.69) is 11.5 Å². The van der Waals surface area contributed by atoms with Gasteiger partial charge in [0, 0.05) is 10.6 Å². The van der Waals surface area contributed by atoms with Gasteiger partial charge in [-0.05, 0) is 43.2 Å². The Labute approximate surface area is 124 Å². The highest BCUT2D eigenvalue weighted by Gasteiger charge is 2.19. The molecule has 0 aliphatic heterocycles. The molecule has 0 saturated heterocycles. The summed E-state index contributed by atoms with van der Waals surface area (Å²) < 4.78 is 5.45. The standard InChI is InChI=1S/C16H19ClN2O/c1-10-4-7-15(20-3)14(8-10)16(19-18)13-6-5-12(17)9-11(13)2/h4-9,16,19H,18H2,1-3H3. The van der Waals surface area contributed by atoms with Gasteiger partial charge in [0.15, 0.2) is 0 Å². The Morgan fingerprint density at radius 1 is 1.10 bits per heavy atom. The van der Waals surface area contributed by atoms with E-state index in [1.807, 2.05) is 44.2 Å². The predicted octanol–water partition coefficient (Wildman–Crippen LogP) is 3.52. The number of nitrogens with one attached hydrogen (secondary N) is 1. The largest absolute Gasteiger partial charge is 0.496 e. The number of halogens is 1. The highest BCUT2D eigenvalue weighted by Crippen LogP contribution is 2.32. The molecule has 0 aliphatic carbocycles. The van der Waals surface area contributed by atoms with Crippen LogP contribution in [-0.4, -0.2) is 7.11 Å². The summed E-state index contributed by atoms with van der Waals surface area (Å²) in [6.07, 6.45) is 0. The van der Waals surface area contributed by atoms with E-state index in [9.17, 15) is 0 Å². The highest BCUT2D eigenvalue weighted by molar-refractivity contribution is 6.30. The van der Waals surface area contributed by atoms with Gasteiger partial charge in [-0.3, -0.25) is 5.84 Å². The summed E-state index contributed by atoms with van der Waals surface area (Å²) in [5, 5.41) is 0.721. The van der Waals surface area contributed by atoms with Crippen molar-refractivity contribution >= 4 is 11.6 Å². The van der Waals surface area contributed by atoms with Crippen LogP contribution in [0.15, 0.2) is 36.4 Å². The predicted molar refractivity (Wildman–Crippen MR) is 83.1 cm³/mol. The fourth-order valence-corrected chi connectivity index (χ4v) is 2.62. The molecule has 3 nitrogen and oxygen atoms in total. The third-order valence-corrected chi connectivity index (χ3v) is 3.64. The van der Waals surface area contributed by atoms with Crippen LogP contribution in [0.4, 0.5) is 0 Å². The topological polar surface area (TPSA) is 47.3 Å². The Morgan fingerprint density at radius 2 is 1.85 bits per heavy atom. The monoisotopic (exact) mass is 290 g/mol. The summed E-state index contributed by atoms with van der Waals surface area (Å²) in [6.45, 7) is 4.07. The number of hydrogen-bond acceptors (Lipinski definition) is 3. The average Bonchev–Trinajstić information content (AvgIpc) is 2.42. The molecule has 0 fully saturated rings. The molecular formula is C16H19ClN2O. The number of rotatable bonds is 4. The molecule has 106 valence electrons. The fraction of sp³-hybridized carbons (Fsp3) is 0.250. The Hall–Kier alpha value is -1.55. The van der Waals surface area contributed by atoms with Crippen LogP contribution in [0.25, 0.3) is 0 Å². The van der Waals surface area contributed by atoms with Crippen molar-refractivity contribution in [1.29, 1.82) is 0 Å². The smallest absolute Gasteiger partial charge is 0.124 e. The summed E-state index contributed by atoms with van der Waals surface area (Å²) in [7, 11) is 1.66. The first-order valence-corrected chi connectivity index (χ1v) is 6.81. The van der Waals surface area contributed by atoms with Crippen molar-refractivity contribution in [3.8, 4) is 5.75 Å². The van der Waals surface area contributed by atoms with Crippen molar-refractivity contribution in [3.63, 3.8) is 0 Å². The Bertz CT molecular complexity index is 613. The molecule has 2 aromatic carbocycles. The second-order valence-electron chi connectivity index (χ2n) is 4.85. The van der Waals surface area contributed by atoms with Crippen LogP contribution in [0.3, 0.4) is 0 Å². The summed E-state index contributed by atoms with van der Waals surface area (Å²) >= 11 is 6.02. The van der Waals surface area contributed by atoms with E-state index in [4.69, 9.17) is 22.2 Å². The highest BCUT2D eigenvalue weighted by atomic mass is 35.5. The zero-order chi connectivity index (χ0) is 14.7. The summed E-state index contributed by atoms with van der Waals surface area (Å²) in [5.41, 5.74) is 7.22. The molecule has 0 bridgehead atoms. The van der Waals surface area contributed by atoms with Gasteiger partial charge in [0.2, 0.25) is 0 Å². The Kier molecular flexibility index (Phi) is 4.65. The van der Waals surface area contributed by atoms with Crippen LogP contribution in [0.2, 0.25) is 5.02 Å². The maximum atomic E-state index is 6.02. The lowest BCUT2D eigenvalue weighted by Crippen LogP contribution is -2.29. The van der Waals surface area contributed by atoms with Gasteiger partial charge in [-0.2, -0.15) is 0 Å². The number of hydrogen-bond donors (Lipinski definition) is 2. The molecule has 0 aliphatic rings. The Morgan fingerprint density at radius 3 is 2.45 bits per heavy atom. The van der Waals surface area contributed by atoms with Gasteiger partial charge in [-0.1, -0.05) is 35.4 Å². The molecule has 0 heterocycles. The van der Waals surface area contributed by atoms with Crippen LogP contribution in [-0.2, 0) is 0 Å². The van der Waals surface area contributed by atoms with Crippen LogP contribution >= 0.6 is 11.6 Å². The third kappa shape index (κ3) is 2.96. The minimum atomic E-state index is -0.137. The van der Waals surface area contributed by atoms with Crippen LogP contribution in [0.5, 0.6) is 5.75 Å². The van der Waals surface area contributed by atoms with E-state index in [1.54, 1.807) is 7.11 Å². The zero-order valence-electron chi connectivity index (χ0n) is 11.9. The van der Waals surface area contributed by atoms with E-state index in [0.717, 1.165) is 33.0 Å². The molecule has 1 atom stereocenters. The minimum absolute atomic E-state index is 0.137. The Balaban J connectivity index is 2.54. The molecule has 20 heavy (non-hydrogen) atoms. The van der Waals surface area contributed by atoms with E-state index >= 15 is 0 Å². The van der Waals surface area contributed by atoms with Gasteiger partial charge in [0.25, 0.3) is 0 Å². The lowest BCUT2D eigenvalue weighted by atomic mass is 9.94. The van der Waals surface area contributed by atoms with Crippen LogP contribution < -0.4 is 16.0 Å². The number of nitrogens with two attached hydrogens (primary N) is 1. The molecule has 2 rings (SSSR count). The number of methoxy groups -OCH3 is 1. The SMILES string of the molecule is COc1ccc(C)cc1C(NN)c1ccc(Cl)cc1C. The first kappa shape index (κ1) is 14.9. The zero-order valence-corrected chi connectivity index (χ0v) is 12.7. The van der Waals surface area contributed by atoms with Gasteiger partial charge in [-0.15, -0.1) is 0 Å². The number of aryl methyl sites for hydroxylation is 2. The molecule has 2 aromatic rings.